The molecule has 1 unspecified atom stereocenters. The highest BCUT2D eigenvalue weighted by atomic mass is 16.5. The van der Waals surface area contributed by atoms with Crippen LogP contribution in [0, 0.1) is 0 Å². The van der Waals surface area contributed by atoms with E-state index in [-0.39, 0.29) is 11.3 Å². The number of aromatic nitrogens is 5. The van der Waals surface area contributed by atoms with Crippen LogP contribution in [0.5, 0.6) is 5.75 Å². The van der Waals surface area contributed by atoms with Crippen LogP contribution in [0.3, 0.4) is 0 Å². The number of hydrogen-bond acceptors (Lipinski definition) is 8. The zero-order valence-corrected chi connectivity index (χ0v) is 17.5. The van der Waals surface area contributed by atoms with E-state index in [1.807, 2.05) is 12.1 Å². The highest BCUT2D eigenvalue weighted by Gasteiger charge is 2.29. The third-order valence-corrected chi connectivity index (χ3v) is 5.23. The molecule has 1 aromatic carbocycles. The number of benzene rings is 1. The van der Waals surface area contributed by atoms with Gasteiger partial charge in [0.15, 0.2) is 0 Å². The summed E-state index contributed by atoms with van der Waals surface area (Å²) in [6.07, 6.45) is 6.15. The summed E-state index contributed by atoms with van der Waals surface area (Å²) in [6, 6.07) is 5.76. The molecule has 3 aromatic rings. The topological polar surface area (TPSA) is 112 Å². The maximum Gasteiger partial charge on any atom is 0.245 e. The van der Waals surface area contributed by atoms with E-state index >= 15 is 0 Å². The van der Waals surface area contributed by atoms with E-state index in [1.165, 1.54) is 0 Å². The van der Waals surface area contributed by atoms with Gasteiger partial charge in [-0.05, 0) is 38.0 Å². The number of nitrogens with zero attached hydrogens (tertiary/aromatic N) is 5. The molecule has 30 heavy (non-hydrogen) atoms. The van der Waals surface area contributed by atoms with Crippen LogP contribution in [-0.2, 0) is 4.74 Å². The Balaban J connectivity index is 1.44. The van der Waals surface area contributed by atoms with E-state index in [2.05, 4.69) is 49.4 Å². The van der Waals surface area contributed by atoms with Crippen molar-refractivity contribution in [1.82, 2.24) is 30.7 Å². The fraction of sp³-hybridized carbons (Fsp3) is 0.429. The van der Waals surface area contributed by atoms with Crippen molar-refractivity contribution in [1.29, 1.82) is 0 Å². The molecular formula is C21H27N7O2. The molecule has 9 heteroatoms. The molecule has 3 N–H and O–H groups in total. The summed E-state index contributed by atoms with van der Waals surface area (Å²) >= 11 is 0. The predicted octanol–water partition coefficient (Wildman–Crippen LogP) is 2.23. The molecule has 0 bridgehead atoms. The summed E-state index contributed by atoms with van der Waals surface area (Å²) in [5.74, 6) is 0.727. The lowest BCUT2D eigenvalue weighted by atomic mass is 10.0. The molecule has 1 atom stereocenters. The first-order valence-corrected chi connectivity index (χ1v) is 9.99. The van der Waals surface area contributed by atoms with Gasteiger partial charge in [-0.2, -0.15) is 5.10 Å². The van der Waals surface area contributed by atoms with E-state index in [1.54, 1.807) is 31.8 Å². The summed E-state index contributed by atoms with van der Waals surface area (Å²) in [7, 11) is 1.72. The Bertz CT molecular complexity index is 974. The first kappa shape index (κ1) is 20.2. The van der Waals surface area contributed by atoms with Crippen molar-refractivity contribution in [3.63, 3.8) is 0 Å². The lowest BCUT2D eigenvalue weighted by Crippen LogP contribution is -2.49. The first-order chi connectivity index (χ1) is 14.4. The summed E-state index contributed by atoms with van der Waals surface area (Å²) in [5, 5.41) is 29.4. The monoisotopic (exact) mass is 409 g/mol. The highest BCUT2D eigenvalue weighted by molar-refractivity contribution is 5.73. The molecule has 1 aliphatic rings. The summed E-state index contributed by atoms with van der Waals surface area (Å²) in [6.45, 7) is 6.61. The molecule has 1 saturated heterocycles. The molecule has 158 valence electrons. The molecular weight excluding hydrogens is 382 g/mol. The summed E-state index contributed by atoms with van der Waals surface area (Å²) < 4.78 is 5.29. The van der Waals surface area contributed by atoms with Gasteiger partial charge in [0.2, 0.25) is 5.95 Å². The highest BCUT2D eigenvalue weighted by Crippen LogP contribution is 2.32. The van der Waals surface area contributed by atoms with Gasteiger partial charge in [0.25, 0.3) is 0 Å². The standard InChI is InChI=1S/C21H27N7O2/c1-21(2,13-30-3)25-16-6-7-28(12-16)20-22-11-18(26-27-20)17-5-4-14(8-19(17)29)15-9-23-24-10-15/h4-5,8-11,16,25,29H,6-7,12-13H2,1-3H3,(H,23,24). The van der Waals surface area contributed by atoms with Gasteiger partial charge in [-0.3, -0.25) is 5.10 Å². The maximum absolute atomic E-state index is 10.5. The minimum absolute atomic E-state index is 0.0848. The fourth-order valence-electron chi connectivity index (χ4n) is 3.89. The predicted molar refractivity (Wildman–Crippen MR) is 114 cm³/mol. The number of aromatic hydroxyl groups is 1. The Morgan fingerprint density at radius 3 is 2.80 bits per heavy atom. The van der Waals surface area contributed by atoms with Crippen molar-refractivity contribution in [3.05, 3.63) is 36.8 Å². The van der Waals surface area contributed by atoms with Gasteiger partial charge in [-0.15, -0.1) is 10.2 Å². The number of phenolic OH excluding ortho intramolecular Hbond substituents is 1. The average molecular weight is 409 g/mol. The third kappa shape index (κ3) is 4.42. The van der Waals surface area contributed by atoms with Crippen molar-refractivity contribution < 1.29 is 9.84 Å². The van der Waals surface area contributed by atoms with E-state index in [9.17, 15) is 5.11 Å². The van der Waals surface area contributed by atoms with Crippen molar-refractivity contribution in [2.75, 3.05) is 31.7 Å². The van der Waals surface area contributed by atoms with Gasteiger partial charge in [-0.25, -0.2) is 4.98 Å². The van der Waals surface area contributed by atoms with Crippen LogP contribution in [0.15, 0.2) is 36.8 Å². The largest absolute Gasteiger partial charge is 0.507 e. The summed E-state index contributed by atoms with van der Waals surface area (Å²) in [5.41, 5.74) is 2.82. The molecule has 0 spiro atoms. The van der Waals surface area contributed by atoms with Gasteiger partial charge in [-0.1, -0.05) is 6.07 Å². The second kappa shape index (κ2) is 8.37. The number of nitrogens with one attached hydrogen (secondary N) is 2. The Labute approximate surface area is 175 Å². The van der Waals surface area contributed by atoms with Gasteiger partial charge in [0.05, 0.1) is 19.0 Å². The molecule has 2 aromatic heterocycles. The number of aromatic amines is 1. The smallest absolute Gasteiger partial charge is 0.245 e. The van der Waals surface area contributed by atoms with Crippen molar-refractivity contribution >= 4 is 5.95 Å². The quantitative estimate of drug-likeness (QED) is 0.545. The molecule has 0 amide bonds. The van der Waals surface area contributed by atoms with E-state index < -0.39 is 0 Å². The second-order valence-electron chi connectivity index (χ2n) is 8.26. The Hall–Kier alpha value is -3.04. The number of ether oxygens (including phenoxy) is 1. The Morgan fingerprint density at radius 2 is 2.13 bits per heavy atom. The van der Waals surface area contributed by atoms with Crippen LogP contribution in [0.1, 0.15) is 20.3 Å². The lowest BCUT2D eigenvalue weighted by Gasteiger charge is -2.29. The van der Waals surface area contributed by atoms with Crippen LogP contribution in [-0.4, -0.2) is 68.9 Å². The number of anilines is 1. The molecule has 4 rings (SSSR count). The SMILES string of the molecule is COCC(C)(C)NC1CCN(c2ncc(-c3ccc(-c4cn[nH]c4)cc3O)nn2)C1. The van der Waals surface area contributed by atoms with Gasteiger partial charge in [0.1, 0.15) is 11.4 Å². The van der Waals surface area contributed by atoms with Gasteiger partial charge < -0.3 is 20.1 Å². The molecule has 3 heterocycles. The van der Waals surface area contributed by atoms with Crippen molar-refractivity contribution in [2.24, 2.45) is 0 Å². The van der Waals surface area contributed by atoms with Crippen LogP contribution in [0.4, 0.5) is 5.95 Å². The molecule has 9 nitrogen and oxygen atoms in total. The van der Waals surface area contributed by atoms with E-state index in [4.69, 9.17) is 4.74 Å². The van der Waals surface area contributed by atoms with Crippen LogP contribution < -0.4 is 10.2 Å². The fourth-order valence-corrected chi connectivity index (χ4v) is 3.89. The Kier molecular flexibility index (Phi) is 5.65. The zero-order valence-electron chi connectivity index (χ0n) is 17.5. The van der Waals surface area contributed by atoms with Crippen molar-refractivity contribution in [3.8, 4) is 28.1 Å². The third-order valence-electron chi connectivity index (χ3n) is 5.23. The number of rotatable bonds is 7. The second-order valence-corrected chi connectivity index (χ2v) is 8.26. The zero-order chi connectivity index (χ0) is 21.1. The Morgan fingerprint density at radius 1 is 1.27 bits per heavy atom. The minimum Gasteiger partial charge on any atom is -0.507 e. The number of phenols is 1. The normalized spacial score (nSPS) is 16.9. The van der Waals surface area contributed by atoms with E-state index in [0.29, 0.717) is 29.9 Å². The summed E-state index contributed by atoms with van der Waals surface area (Å²) in [4.78, 5) is 6.62. The van der Waals surface area contributed by atoms with Crippen LogP contribution >= 0.6 is 0 Å². The minimum atomic E-state index is -0.0848. The van der Waals surface area contributed by atoms with Gasteiger partial charge in [0, 0.05) is 49.1 Å². The molecule has 0 saturated carbocycles. The van der Waals surface area contributed by atoms with E-state index in [0.717, 1.165) is 30.6 Å². The first-order valence-electron chi connectivity index (χ1n) is 9.99. The van der Waals surface area contributed by atoms with Crippen molar-refractivity contribution in [2.45, 2.75) is 31.8 Å². The molecule has 0 aliphatic carbocycles. The number of hydrogen-bond donors (Lipinski definition) is 3. The maximum atomic E-state index is 10.5. The average Bonchev–Trinajstić information content (AvgIpc) is 3.40. The number of methoxy groups -OCH3 is 1. The van der Waals surface area contributed by atoms with Crippen LogP contribution in [0.25, 0.3) is 22.4 Å². The lowest BCUT2D eigenvalue weighted by molar-refractivity contribution is 0.122. The molecule has 1 aliphatic heterocycles. The molecule has 1 fully saturated rings. The van der Waals surface area contributed by atoms with Crippen LogP contribution in [0.2, 0.25) is 0 Å². The van der Waals surface area contributed by atoms with Gasteiger partial charge >= 0.3 is 0 Å². The number of H-pyrrole nitrogens is 1. The molecule has 0 radical (unpaired) electrons.